The van der Waals surface area contributed by atoms with Gasteiger partial charge in [0, 0.05) is 16.6 Å². The molecule has 21 heavy (non-hydrogen) atoms. The van der Waals surface area contributed by atoms with Gasteiger partial charge in [-0.25, -0.2) is 14.4 Å². The molecule has 1 aromatic carbocycles. The molecule has 6 heteroatoms. The zero-order chi connectivity index (χ0) is 15.2. The van der Waals surface area contributed by atoms with Crippen molar-refractivity contribution >= 4 is 33.3 Å². The van der Waals surface area contributed by atoms with Gasteiger partial charge in [0.2, 0.25) is 0 Å². The summed E-state index contributed by atoms with van der Waals surface area (Å²) in [5.74, 6) is 1.11. The molecule has 0 spiro atoms. The number of halogens is 2. The molecule has 0 amide bonds. The second-order valence-electron chi connectivity index (χ2n) is 4.58. The largest absolute Gasteiger partial charge is 0.370 e. The van der Waals surface area contributed by atoms with E-state index in [1.807, 2.05) is 6.92 Å². The third kappa shape index (κ3) is 3.91. The van der Waals surface area contributed by atoms with Gasteiger partial charge < -0.3 is 10.6 Å². The maximum Gasteiger partial charge on any atom is 0.147 e. The van der Waals surface area contributed by atoms with Gasteiger partial charge in [0.05, 0.1) is 5.69 Å². The average Bonchev–Trinajstić information content (AvgIpc) is 2.48. The van der Waals surface area contributed by atoms with E-state index >= 15 is 0 Å². The third-order valence-electron chi connectivity index (χ3n) is 3.03. The van der Waals surface area contributed by atoms with Gasteiger partial charge in [0.1, 0.15) is 23.8 Å². The molecule has 2 N–H and O–H groups in total. The summed E-state index contributed by atoms with van der Waals surface area (Å²) in [5, 5.41) is 6.32. The van der Waals surface area contributed by atoms with E-state index in [2.05, 4.69) is 43.5 Å². The monoisotopic (exact) mass is 352 g/mol. The molecule has 0 saturated carbocycles. The normalized spacial score (nSPS) is 10.5. The molecule has 0 bridgehead atoms. The maximum atomic E-state index is 13.9. The molecule has 1 aromatic heterocycles. The van der Waals surface area contributed by atoms with Gasteiger partial charge in [-0.3, -0.25) is 0 Å². The van der Waals surface area contributed by atoms with Crippen molar-refractivity contribution in [1.82, 2.24) is 9.97 Å². The highest BCUT2D eigenvalue weighted by molar-refractivity contribution is 9.10. The molecule has 2 rings (SSSR count). The van der Waals surface area contributed by atoms with Gasteiger partial charge in [-0.1, -0.05) is 29.8 Å². The Morgan fingerprint density at radius 3 is 2.62 bits per heavy atom. The number of rotatable bonds is 6. The van der Waals surface area contributed by atoms with E-state index in [1.54, 1.807) is 12.1 Å². The number of anilines is 3. The van der Waals surface area contributed by atoms with Crippen LogP contribution in [0.1, 0.15) is 25.8 Å². The van der Waals surface area contributed by atoms with Crippen molar-refractivity contribution in [2.24, 2.45) is 0 Å². The first-order valence-electron chi connectivity index (χ1n) is 6.95. The Labute approximate surface area is 132 Å². The highest BCUT2D eigenvalue weighted by Gasteiger charge is 2.11. The van der Waals surface area contributed by atoms with Crippen LogP contribution in [0.15, 0.2) is 29.0 Å². The standard InChI is InChI=1S/C15H18BrFN4/c1-3-7-18-14-11(4-2)15(20-9-19-14)21-13-6-5-10(16)8-12(13)17/h5-6,8-9H,3-4,7H2,1-2H3,(H2,18,19,20,21). The van der Waals surface area contributed by atoms with E-state index in [0.717, 1.165) is 30.8 Å². The van der Waals surface area contributed by atoms with Crippen molar-refractivity contribution in [1.29, 1.82) is 0 Å². The number of hydrogen-bond acceptors (Lipinski definition) is 4. The van der Waals surface area contributed by atoms with Crippen molar-refractivity contribution in [3.05, 3.63) is 40.4 Å². The van der Waals surface area contributed by atoms with Crippen LogP contribution in [0.5, 0.6) is 0 Å². The van der Waals surface area contributed by atoms with Gasteiger partial charge in [0.15, 0.2) is 0 Å². The molecular formula is C15H18BrFN4. The Morgan fingerprint density at radius 1 is 1.19 bits per heavy atom. The minimum Gasteiger partial charge on any atom is -0.370 e. The third-order valence-corrected chi connectivity index (χ3v) is 3.52. The molecule has 0 radical (unpaired) electrons. The molecule has 112 valence electrons. The maximum absolute atomic E-state index is 13.9. The van der Waals surface area contributed by atoms with Crippen LogP contribution >= 0.6 is 15.9 Å². The van der Waals surface area contributed by atoms with Crippen molar-refractivity contribution in [2.75, 3.05) is 17.2 Å². The number of aromatic nitrogens is 2. The van der Waals surface area contributed by atoms with E-state index in [9.17, 15) is 4.39 Å². The molecule has 2 aromatic rings. The number of benzene rings is 1. The number of nitrogens with zero attached hydrogens (tertiary/aromatic N) is 2. The van der Waals surface area contributed by atoms with E-state index in [0.29, 0.717) is 16.0 Å². The average molecular weight is 353 g/mol. The SMILES string of the molecule is CCCNc1ncnc(Nc2ccc(Br)cc2F)c1CC. The first-order valence-corrected chi connectivity index (χ1v) is 7.74. The Balaban J connectivity index is 2.30. The van der Waals surface area contributed by atoms with Crippen LogP contribution in [0.2, 0.25) is 0 Å². The molecule has 0 unspecified atom stereocenters. The second kappa shape index (κ2) is 7.36. The first kappa shape index (κ1) is 15.7. The van der Waals surface area contributed by atoms with Crippen molar-refractivity contribution in [3.8, 4) is 0 Å². The van der Waals surface area contributed by atoms with Crippen LogP contribution in [-0.2, 0) is 6.42 Å². The summed E-state index contributed by atoms with van der Waals surface area (Å²) in [6, 6.07) is 4.89. The summed E-state index contributed by atoms with van der Waals surface area (Å²) in [4.78, 5) is 8.50. The smallest absolute Gasteiger partial charge is 0.147 e. The molecule has 0 aliphatic rings. The van der Waals surface area contributed by atoms with Crippen LogP contribution in [0.3, 0.4) is 0 Å². The number of nitrogens with one attached hydrogen (secondary N) is 2. The van der Waals surface area contributed by atoms with Crippen molar-refractivity contribution in [2.45, 2.75) is 26.7 Å². The second-order valence-corrected chi connectivity index (χ2v) is 5.49. The van der Waals surface area contributed by atoms with Crippen LogP contribution in [0.4, 0.5) is 21.7 Å². The van der Waals surface area contributed by atoms with Crippen molar-refractivity contribution in [3.63, 3.8) is 0 Å². The van der Waals surface area contributed by atoms with Gasteiger partial charge in [-0.15, -0.1) is 0 Å². The van der Waals surface area contributed by atoms with Gasteiger partial charge >= 0.3 is 0 Å². The van der Waals surface area contributed by atoms with E-state index in [-0.39, 0.29) is 5.82 Å². The quantitative estimate of drug-likeness (QED) is 0.803. The summed E-state index contributed by atoms with van der Waals surface area (Å²) < 4.78 is 14.6. The van der Waals surface area contributed by atoms with Gasteiger partial charge in [-0.05, 0) is 31.0 Å². The molecule has 0 fully saturated rings. The zero-order valence-electron chi connectivity index (χ0n) is 12.1. The predicted molar refractivity (Wildman–Crippen MR) is 87.6 cm³/mol. The van der Waals surface area contributed by atoms with Gasteiger partial charge in [-0.2, -0.15) is 0 Å². The number of hydrogen-bond donors (Lipinski definition) is 2. The summed E-state index contributed by atoms with van der Waals surface area (Å²) in [7, 11) is 0. The minimum absolute atomic E-state index is 0.326. The molecule has 0 saturated heterocycles. The van der Waals surface area contributed by atoms with E-state index in [1.165, 1.54) is 12.4 Å². The summed E-state index contributed by atoms with van der Waals surface area (Å²) >= 11 is 3.25. The Morgan fingerprint density at radius 2 is 1.95 bits per heavy atom. The molecule has 0 aliphatic heterocycles. The lowest BCUT2D eigenvalue weighted by Crippen LogP contribution is -2.09. The van der Waals surface area contributed by atoms with Crippen LogP contribution in [0.25, 0.3) is 0 Å². The molecule has 0 atom stereocenters. The highest BCUT2D eigenvalue weighted by atomic mass is 79.9. The van der Waals surface area contributed by atoms with Gasteiger partial charge in [0.25, 0.3) is 0 Å². The lowest BCUT2D eigenvalue weighted by Gasteiger charge is -2.14. The van der Waals surface area contributed by atoms with Crippen LogP contribution in [0, 0.1) is 5.82 Å². The fourth-order valence-corrected chi connectivity index (χ4v) is 2.30. The molecule has 1 heterocycles. The Kier molecular flexibility index (Phi) is 5.50. The van der Waals surface area contributed by atoms with Crippen LogP contribution in [-0.4, -0.2) is 16.5 Å². The highest BCUT2D eigenvalue weighted by Crippen LogP contribution is 2.26. The predicted octanol–water partition coefficient (Wildman–Crippen LogP) is 4.51. The Hall–Kier alpha value is -1.69. The Bertz CT molecular complexity index is 619. The lowest BCUT2D eigenvalue weighted by atomic mass is 10.2. The fraction of sp³-hybridized carbons (Fsp3) is 0.333. The lowest BCUT2D eigenvalue weighted by molar-refractivity contribution is 0.631. The first-order chi connectivity index (χ1) is 10.2. The summed E-state index contributed by atoms with van der Waals surface area (Å²) in [5.41, 5.74) is 1.35. The fourth-order valence-electron chi connectivity index (χ4n) is 1.97. The minimum atomic E-state index is -0.326. The molecule has 0 aliphatic carbocycles. The molecular weight excluding hydrogens is 335 g/mol. The summed E-state index contributed by atoms with van der Waals surface area (Å²) in [6.07, 6.45) is 3.25. The zero-order valence-corrected chi connectivity index (χ0v) is 13.7. The topological polar surface area (TPSA) is 49.8 Å². The van der Waals surface area contributed by atoms with E-state index in [4.69, 9.17) is 0 Å². The van der Waals surface area contributed by atoms with E-state index < -0.39 is 0 Å². The van der Waals surface area contributed by atoms with Crippen molar-refractivity contribution < 1.29 is 4.39 Å². The summed E-state index contributed by atoms with van der Waals surface area (Å²) in [6.45, 7) is 4.96. The van der Waals surface area contributed by atoms with Crippen LogP contribution < -0.4 is 10.6 Å². The molecule has 4 nitrogen and oxygen atoms in total.